The van der Waals surface area contributed by atoms with Gasteiger partial charge in [0.2, 0.25) is 0 Å². The van der Waals surface area contributed by atoms with Crippen molar-refractivity contribution in [2.75, 3.05) is 84.4 Å². The summed E-state index contributed by atoms with van der Waals surface area (Å²) < 4.78 is 0. The lowest BCUT2D eigenvalue weighted by Crippen LogP contribution is -2.61. The number of likely N-dealkylation sites (N-methyl/N-ethyl adjacent to an activating group) is 2. The van der Waals surface area contributed by atoms with E-state index in [0.717, 1.165) is 80.3 Å². The summed E-state index contributed by atoms with van der Waals surface area (Å²) in [5.41, 5.74) is 7.34. The third-order valence-electron chi connectivity index (χ3n) is 12.6. The van der Waals surface area contributed by atoms with Crippen LogP contribution in [0.3, 0.4) is 0 Å². The van der Waals surface area contributed by atoms with Crippen LogP contribution in [-0.2, 0) is 0 Å². The molecule has 6 aliphatic heterocycles. The second-order valence-corrected chi connectivity index (χ2v) is 15.2. The van der Waals surface area contributed by atoms with Gasteiger partial charge in [-0.15, -0.1) is 0 Å². The number of anilines is 5. The highest BCUT2D eigenvalue weighted by Gasteiger charge is 2.51. The second kappa shape index (κ2) is 11.1. The van der Waals surface area contributed by atoms with E-state index in [2.05, 4.69) is 49.9 Å². The number of aliphatic hydroxyl groups is 3. The smallest absolute Gasteiger partial charge is 0.265 e. The van der Waals surface area contributed by atoms with Crippen LogP contribution >= 0.6 is 0 Å². The lowest BCUT2D eigenvalue weighted by atomic mass is 9.85. The van der Waals surface area contributed by atoms with Crippen molar-refractivity contribution in [3.05, 3.63) is 77.4 Å². The van der Waals surface area contributed by atoms with Crippen molar-refractivity contribution in [2.24, 2.45) is 0 Å². The zero-order valence-electron chi connectivity index (χ0n) is 28.4. The molecule has 2 radical (unpaired) electrons. The molecule has 6 aliphatic rings. The van der Waals surface area contributed by atoms with Crippen LogP contribution in [0.2, 0.25) is 0 Å². The number of likely N-dealkylation sites (tertiary alicyclic amines) is 1. The summed E-state index contributed by atoms with van der Waals surface area (Å²) in [4.78, 5) is 26.1. The fourth-order valence-electron chi connectivity index (χ4n) is 9.89. The Morgan fingerprint density at radius 1 is 0.796 bits per heavy atom. The Kier molecular flexibility index (Phi) is 7.09. The first-order chi connectivity index (χ1) is 23.5. The van der Waals surface area contributed by atoms with Gasteiger partial charge in [-0.25, -0.2) is 0 Å². The highest BCUT2D eigenvalue weighted by Crippen LogP contribution is 2.54. The van der Waals surface area contributed by atoms with E-state index in [4.69, 9.17) is 7.85 Å². The van der Waals surface area contributed by atoms with Crippen molar-refractivity contribution in [1.82, 2.24) is 4.90 Å². The summed E-state index contributed by atoms with van der Waals surface area (Å²) >= 11 is 0. The molecular weight excluding hydrogens is 615 g/mol. The normalized spacial score (nSPS) is 29.4. The summed E-state index contributed by atoms with van der Waals surface area (Å²) in [6.45, 7) is 5.12. The van der Waals surface area contributed by atoms with E-state index < -0.39 is 11.5 Å². The average Bonchev–Trinajstić information content (AvgIpc) is 3.58. The Morgan fingerprint density at radius 3 is 2.10 bits per heavy atom. The van der Waals surface area contributed by atoms with Crippen LogP contribution in [0.4, 0.5) is 28.4 Å². The molecule has 0 amide bonds. The number of para-hydroxylation sites is 2. The van der Waals surface area contributed by atoms with Gasteiger partial charge in [-0.3, -0.25) is 4.79 Å². The first kappa shape index (κ1) is 31.2. The Hall–Kier alpha value is -3.77. The zero-order valence-corrected chi connectivity index (χ0v) is 28.4. The van der Waals surface area contributed by atoms with Crippen molar-refractivity contribution in [3.8, 4) is 0 Å². The van der Waals surface area contributed by atoms with Gasteiger partial charge in [0, 0.05) is 81.9 Å². The number of fused-ring (bicyclic) bond motifs is 6. The predicted octanol–water partition coefficient (Wildman–Crippen LogP) is 2.86. The molecule has 2 fully saturated rings. The highest BCUT2D eigenvalue weighted by molar-refractivity contribution is 6.17. The summed E-state index contributed by atoms with van der Waals surface area (Å²) in [7, 11) is 9.91. The van der Waals surface area contributed by atoms with Crippen LogP contribution < -0.4 is 24.5 Å². The molecule has 3 N–H and O–H groups in total. The molecule has 5 atom stereocenters. The standard InChI is InChI=1S/C38H45BN6O4/c1-40-32-8-3-6-26-28-20-42(18-15-30(28)44(35(26)32)22-37(40,39)47)17-5-10-34(46)24-11-13-25(14-12-24)43-19-16-31-29(21-43)27-7-4-9-33-36(27)45(31)23-38(48,49)41(33)2/h3-4,6-9,11-14,28-31,47-49H,5,10,15-23H2,1-2H3. The van der Waals surface area contributed by atoms with E-state index in [9.17, 15) is 20.1 Å². The van der Waals surface area contributed by atoms with E-state index >= 15 is 0 Å². The molecule has 49 heavy (non-hydrogen) atoms. The number of nitrogens with zero attached hydrogens (tertiary/aromatic N) is 6. The Bertz CT molecular complexity index is 1800. The number of hydrogen-bond donors (Lipinski definition) is 3. The number of Topliss-reactive ketones (excluding diaryl/α,β-unsaturated/α-hetero) is 1. The van der Waals surface area contributed by atoms with Crippen molar-refractivity contribution < 1.29 is 20.1 Å². The van der Waals surface area contributed by atoms with Gasteiger partial charge in [0.05, 0.1) is 35.8 Å². The third kappa shape index (κ3) is 4.80. The number of hydrogen-bond acceptors (Lipinski definition) is 10. The molecule has 11 heteroatoms. The van der Waals surface area contributed by atoms with Crippen molar-refractivity contribution in [3.63, 3.8) is 0 Å². The third-order valence-corrected chi connectivity index (χ3v) is 12.6. The predicted molar refractivity (Wildman–Crippen MR) is 193 cm³/mol. The molecule has 5 unspecified atom stereocenters. The first-order valence-corrected chi connectivity index (χ1v) is 17.9. The Balaban J connectivity index is 0.813. The molecule has 0 aromatic heterocycles. The molecule has 10 nitrogen and oxygen atoms in total. The molecule has 0 aliphatic carbocycles. The molecule has 0 spiro atoms. The van der Waals surface area contributed by atoms with Gasteiger partial charge in [-0.05, 0) is 73.3 Å². The van der Waals surface area contributed by atoms with Gasteiger partial charge >= 0.3 is 0 Å². The molecule has 6 heterocycles. The monoisotopic (exact) mass is 660 g/mol. The lowest BCUT2D eigenvalue weighted by molar-refractivity contribution is -0.152. The quantitative estimate of drug-likeness (QED) is 0.208. The van der Waals surface area contributed by atoms with Gasteiger partial charge < -0.3 is 44.7 Å². The van der Waals surface area contributed by atoms with Crippen molar-refractivity contribution in [2.45, 2.75) is 61.1 Å². The highest BCUT2D eigenvalue weighted by atomic mass is 16.5. The molecule has 0 saturated carbocycles. The lowest BCUT2D eigenvalue weighted by Gasteiger charge is -2.48. The van der Waals surface area contributed by atoms with Crippen LogP contribution in [-0.4, -0.2) is 117 Å². The number of ketones is 1. The maximum absolute atomic E-state index is 13.3. The minimum atomic E-state index is -1.89. The number of carbonyl (C=O) groups is 1. The zero-order chi connectivity index (χ0) is 33.8. The Morgan fingerprint density at radius 2 is 1.41 bits per heavy atom. The molecular formula is C38H45BN6O4. The van der Waals surface area contributed by atoms with Gasteiger partial charge in [-0.2, -0.15) is 0 Å². The maximum atomic E-state index is 13.3. The minimum absolute atomic E-state index is 0.176. The number of carbonyl (C=O) groups excluding carboxylic acids is 1. The summed E-state index contributed by atoms with van der Waals surface area (Å²) in [6, 6.07) is 21.2. The molecule has 254 valence electrons. The molecule has 2 saturated heterocycles. The first-order valence-electron chi connectivity index (χ1n) is 17.9. The molecule has 3 aromatic rings. The van der Waals surface area contributed by atoms with Crippen LogP contribution in [0.1, 0.15) is 59.0 Å². The van der Waals surface area contributed by atoms with Crippen LogP contribution in [0.25, 0.3) is 0 Å². The van der Waals surface area contributed by atoms with E-state index in [1.54, 1.807) is 16.8 Å². The summed E-state index contributed by atoms with van der Waals surface area (Å²) in [5, 5.41) is 32.4. The molecule has 0 bridgehead atoms. The van der Waals surface area contributed by atoms with Gasteiger partial charge in [-0.1, -0.05) is 24.3 Å². The van der Waals surface area contributed by atoms with Gasteiger partial charge in [0.1, 0.15) is 13.5 Å². The number of piperidine rings is 2. The van der Waals surface area contributed by atoms with E-state index in [0.29, 0.717) is 24.9 Å². The van der Waals surface area contributed by atoms with Crippen molar-refractivity contribution in [1.29, 1.82) is 0 Å². The van der Waals surface area contributed by atoms with E-state index in [1.807, 2.05) is 37.4 Å². The average molecular weight is 661 g/mol. The number of rotatable bonds is 6. The largest absolute Gasteiger partial charge is 0.378 e. The fraction of sp³-hybridized carbons (Fsp3) is 0.500. The SMILES string of the molecule is [B]C1(O)CN2c3c(cccc3N1C)C1CN(CCCC(=O)c3ccc(N4CCC5C(C4)c4cccc6c4N5CC(O)(O)N6C)cc3)CCC12. The summed E-state index contributed by atoms with van der Waals surface area (Å²) in [6.07, 6.45) is 3.28. The topological polar surface area (TPSA) is 97.2 Å². The van der Waals surface area contributed by atoms with E-state index in [1.165, 1.54) is 16.8 Å². The van der Waals surface area contributed by atoms with Crippen molar-refractivity contribution >= 4 is 42.1 Å². The van der Waals surface area contributed by atoms with E-state index in [-0.39, 0.29) is 24.3 Å². The van der Waals surface area contributed by atoms with Crippen LogP contribution in [0.5, 0.6) is 0 Å². The Labute approximate surface area is 289 Å². The van der Waals surface area contributed by atoms with Crippen LogP contribution in [0, 0.1) is 0 Å². The van der Waals surface area contributed by atoms with Gasteiger partial charge in [0.15, 0.2) is 5.78 Å². The minimum Gasteiger partial charge on any atom is -0.378 e. The van der Waals surface area contributed by atoms with Crippen LogP contribution in [0.15, 0.2) is 60.7 Å². The summed E-state index contributed by atoms with van der Waals surface area (Å²) in [5.74, 6) is -1.06. The molecule has 3 aromatic carbocycles. The second-order valence-electron chi connectivity index (χ2n) is 15.2. The van der Waals surface area contributed by atoms with Gasteiger partial charge in [0.25, 0.3) is 5.91 Å². The maximum Gasteiger partial charge on any atom is 0.265 e. The fourth-order valence-corrected chi connectivity index (χ4v) is 9.89. The molecule has 9 rings (SSSR count). The number of benzene rings is 3.